The maximum Gasteiger partial charge on any atom is 0.327 e. The Labute approximate surface area is 186 Å². The van der Waals surface area contributed by atoms with Crippen LogP contribution in [0.15, 0.2) is 64.6 Å². The maximum atomic E-state index is 12.7. The smallest absolute Gasteiger partial charge is 0.327 e. The van der Waals surface area contributed by atoms with Crippen molar-refractivity contribution < 1.29 is 0 Å². The number of anilines is 1. The van der Waals surface area contributed by atoms with Crippen molar-refractivity contribution in [3.05, 3.63) is 85.6 Å². The van der Waals surface area contributed by atoms with E-state index >= 15 is 0 Å². The molecule has 30 heavy (non-hydrogen) atoms. The van der Waals surface area contributed by atoms with Crippen molar-refractivity contribution in [3.8, 4) is 11.4 Å². The van der Waals surface area contributed by atoms with Gasteiger partial charge in [-0.3, -0.25) is 4.57 Å². The molecule has 3 heterocycles. The monoisotopic (exact) mass is 510 g/mol. The quantitative estimate of drug-likeness (QED) is 0.406. The molecule has 5 rings (SSSR count). The largest absolute Gasteiger partial charge is 0.330 e. The number of aryl methyl sites for hydroxylation is 1. The average molecular weight is 510 g/mol. The Hall–Kier alpha value is -3.14. The molecule has 7 nitrogen and oxygen atoms in total. The van der Waals surface area contributed by atoms with Crippen molar-refractivity contribution in [2.75, 3.05) is 5.32 Å². The second-order valence-corrected chi connectivity index (χ2v) is 8.43. The van der Waals surface area contributed by atoms with Crippen molar-refractivity contribution in [3.63, 3.8) is 0 Å². The van der Waals surface area contributed by atoms with Crippen LogP contribution in [0.25, 0.3) is 11.4 Å². The first kappa shape index (κ1) is 18.9. The zero-order valence-electron chi connectivity index (χ0n) is 16.3. The summed E-state index contributed by atoms with van der Waals surface area (Å²) in [6.45, 7) is 3.16. The zero-order chi connectivity index (χ0) is 20.7. The van der Waals surface area contributed by atoms with Gasteiger partial charge in [-0.15, -0.1) is 0 Å². The Bertz CT molecular complexity index is 1330. The molecule has 0 bridgehead atoms. The molecule has 1 aliphatic rings. The number of halogens is 1. The summed E-state index contributed by atoms with van der Waals surface area (Å²) in [5, 5.41) is 3.17. The fourth-order valence-electron chi connectivity index (χ4n) is 3.70. The number of nitrogens with zero attached hydrogens (tertiary/aromatic N) is 4. The van der Waals surface area contributed by atoms with Crippen LogP contribution in [0.5, 0.6) is 0 Å². The minimum atomic E-state index is -0.178. The van der Waals surface area contributed by atoms with Crippen LogP contribution < -0.4 is 11.0 Å². The van der Waals surface area contributed by atoms with E-state index in [0.717, 1.165) is 11.1 Å². The van der Waals surface area contributed by atoms with Gasteiger partial charge < -0.3 is 14.9 Å². The molecule has 2 aromatic heterocycles. The maximum absolute atomic E-state index is 12.7. The van der Waals surface area contributed by atoms with Crippen molar-refractivity contribution in [2.24, 2.45) is 4.99 Å². The van der Waals surface area contributed by atoms with Gasteiger partial charge in [0, 0.05) is 3.57 Å². The van der Waals surface area contributed by atoms with Gasteiger partial charge in [-0.1, -0.05) is 48.0 Å². The Morgan fingerprint density at radius 1 is 1.10 bits per heavy atom. The van der Waals surface area contributed by atoms with E-state index in [-0.39, 0.29) is 5.69 Å². The van der Waals surface area contributed by atoms with Crippen LogP contribution in [0.1, 0.15) is 16.7 Å². The van der Waals surface area contributed by atoms with Gasteiger partial charge in [0.1, 0.15) is 17.2 Å². The van der Waals surface area contributed by atoms with E-state index in [9.17, 15) is 4.79 Å². The molecule has 150 valence electrons. The number of fused-ring (bicyclic) bond motifs is 3. The number of rotatable bonds is 4. The van der Waals surface area contributed by atoms with Crippen LogP contribution >= 0.6 is 22.6 Å². The minimum Gasteiger partial charge on any atom is -0.330 e. The first-order chi connectivity index (χ1) is 14.6. The van der Waals surface area contributed by atoms with Crippen molar-refractivity contribution in [2.45, 2.75) is 20.0 Å². The standard InChI is InChI=1S/C22H19IN6O/c1-14-5-4-6-15(9-14)10-29-21-19(27-22(29)30)18-20(24-12-25-21)28(13-26-18)11-16-7-2-3-8-17(16)23/h2-9,12-13H,10-11H2,1H3,(H,24,25)(H,27,30). The van der Waals surface area contributed by atoms with E-state index in [1.54, 1.807) is 17.2 Å². The molecule has 2 aromatic carbocycles. The third-order valence-electron chi connectivity index (χ3n) is 5.14. The Balaban J connectivity index is 1.55. The van der Waals surface area contributed by atoms with Gasteiger partial charge in [-0.05, 0) is 46.7 Å². The van der Waals surface area contributed by atoms with Crippen molar-refractivity contribution in [1.82, 2.24) is 19.1 Å². The first-order valence-electron chi connectivity index (χ1n) is 9.56. The number of aromatic amines is 1. The van der Waals surface area contributed by atoms with Gasteiger partial charge in [0.15, 0.2) is 5.82 Å². The number of benzene rings is 2. The van der Waals surface area contributed by atoms with E-state index < -0.39 is 0 Å². The van der Waals surface area contributed by atoms with E-state index in [1.165, 1.54) is 9.13 Å². The van der Waals surface area contributed by atoms with E-state index in [2.05, 4.69) is 61.1 Å². The lowest BCUT2D eigenvalue weighted by atomic mass is 10.1. The van der Waals surface area contributed by atoms with Gasteiger partial charge in [0.25, 0.3) is 0 Å². The normalized spacial score (nSPS) is 12.2. The Morgan fingerprint density at radius 3 is 2.80 bits per heavy atom. The highest BCUT2D eigenvalue weighted by atomic mass is 127. The lowest BCUT2D eigenvalue weighted by Crippen LogP contribution is -2.19. The molecule has 1 aliphatic heterocycles. The molecular formula is C22H19IN6O. The topological polar surface area (TPSA) is 80.0 Å². The highest BCUT2D eigenvalue weighted by Gasteiger charge is 2.23. The van der Waals surface area contributed by atoms with Gasteiger partial charge in [0.2, 0.25) is 0 Å². The molecule has 0 atom stereocenters. The molecule has 0 unspecified atom stereocenters. The van der Waals surface area contributed by atoms with E-state index in [0.29, 0.717) is 36.1 Å². The summed E-state index contributed by atoms with van der Waals surface area (Å²) in [5.41, 5.74) is 4.55. The van der Waals surface area contributed by atoms with Crippen LogP contribution in [0.3, 0.4) is 0 Å². The summed E-state index contributed by atoms with van der Waals surface area (Å²) in [5.74, 6) is 1.38. The number of hydrogen-bond donors (Lipinski definition) is 2. The van der Waals surface area contributed by atoms with Gasteiger partial charge >= 0.3 is 5.69 Å². The fourth-order valence-corrected chi connectivity index (χ4v) is 4.26. The molecule has 0 radical (unpaired) electrons. The molecule has 4 aromatic rings. The van der Waals surface area contributed by atoms with Crippen LogP contribution in [0.4, 0.5) is 11.6 Å². The average Bonchev–Trinajstić information content (AvgIpc) is 3.19. The summed E-state index contributed by atoms with van der Waals surface area (Å²) in [4.78, 5) is 24.9. The van der Waals surface area contributed by atoms with E-state index in [1.807, 2.05) is 41.8 Å². The summed E-state index contributed by atoms with van der Waals surface area (Å²) in [6.07, 6.45) is 3.40. The third kappa shape index (κ3) is 3.36. The summed E-state index contributed by atoms with van der Waals surface area (Å²) in [7, 11) is 0. The number of imidazole rings is 2. The van der Waals surface area contributed by atoms with Crippen LogP contribution in [0, 0.1) is 10.5 Å². The number of H-pyrrole nitrogens is 1. The molecule has 0 saturated heterocycles. The number of nitrogens with one attached hydrogen (secondary N) is 2. The van der Waals surface area contributed by atoms with Crippen LogP contribution in [0.2, 0.25) is 0 Å². The van der Waals surface area contributed by atoms with Gasteiger partial charge in [-0.2, -0.15) is 0 Å². The number of aliphatic imine (C=N–C) groups is 1. The molecule has 0 saturated carbocycles. The molecule has 0 fully saturated rings. The van der Waals surface area contributed by atoms with Gasteiger partial charge in [-0.25, -0.2) is 14.8 Å². The van der Waals surface area contributed by atoms with Gasteiger partial charge in [0.05, 0.1) is 25.8 Å². The van der Waals surface area contributed by atoms with Crippen molar-refractivity contribution in [1.29, 1.82) is 0 Å². The van der Waals surface area contributed by atoms with Crippen molar-refractivity contribution >= 4 is 40.6 Å². The summed E-state index contributed by atoms with van der Waals surface area (Å²) < 4.78 is 4.87. The second-order valence-electron chi connectivity index (χ2n) is 7.27. The molecular weight excluding hydrogens is 491 g/mol. The predicted molar refractivity (Wildman–Crippen MR) is 127 cm³/mol. The molecule has 0 aliphatic carbocycles. The highest BCUT2D eigenvalue weighted by Crippen LogP contribution is 2.34. The minimum absolute atomic E-state index is 0.178. The zero-order valence-corrected chi connectivity index (χ0v) is 18.4. The third-order valence-corrected chi connectivity index (χ3v) is 6.19. The molecule has 0 amide bonds. The fraction of sp³-hybridized carbons (Fsp3) is 0.136. The summed E-state index contributed by atoms with van der Waals surface area (Å²) in [6, 6.07) is 16.4. The van der Waals surface area contributed by atoms with Crippen LogP contribution in [-0.2, 0) is 13.1 Å². The van der Waals surface area contributed by atoms with E-state index in [4.69, 9.17) is 0 Å². The SMILES string of the molecule is Cc1cccc(Cn2c3c([nH]c2=O)-c2ncn(Cc4ccccc4I)c2N=CN3)c1. The highest BCUT2D eigenvalue weighted by molar-refractivity contribution is 14.1. The number of hydrogen-bond acceptors (Lipinski definition) is 4. The molecule has 8 heteroatoms. The Morgan fingerprint density at radius 2 is 1.97 bits per heavy atom. The summed E-state index contributed by atoms with van der Waals surface area (Å²) >= 11 is 2.33. The lowest BCUT2D eigenvalue weighted by molar-refractivity contribution is 0.770. The Kier molecular flexibility index (Phi) is 4.78. The lowest BCUT2D eigenvalue weighted by Gasteiger charge is -2.08. The predicted octanol–water partition coefficient (Wildman–Crippen LogP) is 4.13. The second kappa shape index (κ2) is 7.60. The molecule has 2 N–H and O–H groups in total. The first-order valence-corrected chi connectivity index (χ1v) is 10.6. The molecule has 0 spiro atoms. The van der Waals surface area contributed by atoms with Crippen LogP contribution in [-0.4, -0.2) is 25.4 Å². The number of aromatic nitrogens is 4.